The smallest absolute Gasteiger partial charge is 0.322 e. The predicted molar refractivity (Wildman–Crippen MR) is 68.7 cm³/mol. The van der Waals surface area contributed by atoms with E-state index in [9.17, 15) is 13.2 Å². The Morgan fingerprint density at radius 1 is 1.40 bits per heavy atom. The largest absolute Gasteiger partial charge is 0.392 e. The van der Waals surface area contributed by atoms with Crippen molar-refractivity contribution in [1.82, 2.24) is 15.0 Å². The summed E-state index contributed by atoms with van der Waals surface area (Å²) < 4.78 is 41.1. The number of aryl methyl sites for hydroxylation is 1. The zero-order valence-electron chi connectivity index (χ0n) is 11.6. The molecule has 20 heavy (non-hydrogen) atoms. The number of aromatic nitrogens is 3. The van der Waals surface area contributed by atoms with Crippen molar-refractivity contribution in [2.24, 2.45) is 17.6 Å². The second kappa shape index (κ2) is 6.11. The molecule has 0 aromatic carbocycles. The van der Waals surface area contributed by atoms with Crippen LogP contribution < -0.4 is 5.73 Å². The van der Waals surface area contributed by atoms with Gasteiger partial charge in [-0.3, -0.25) is 0 Å². The molecule has 1 aromatic heterocycles. The van der Waals surface area contributed by atoms with Gasteiger partial charge in [0.2, 0.25) is 0 Å². The molecule has 1 saturated carbocycles. The lowest BCUT2D eigenvalue weighted by atomic mass is 9.74. The lowest BCUT2D eigenvalue weighted by Crippen LogP contribution is -2.39. The Kier molecular flexibility index (Phi) is 4.67. The van der Waals surface area contributed by atoms with E-state index >= 15 is 0 Å². The van der Waals surface area contributed by atoms with Crippen molar-refractivity contribution in [3.05, 3.63) is 11.9 Å². The van der Waals surface area contributed by atoms with Gasteiger partial charge in [0.05, 0.1) is 23.9 Å². The first-order valence-corrected chi connectivity index (χ1v) is 7.15. The second-order valence-electron chi connectivity index (χ2n) is 5.50. The van der Waals surface area contributed by atoms with E-state index in [1.54, 1.807) is 4.68 Å². The molecule has 2 rings (SSSR count). The zero-order chi connectivity index (χ0) is 14.8. The summed E-state index contributed by atoms with van der Waals surface area (Å²) >= 11 is 0. The highest BCUT2D eigenvalue weighted by Gasteiger charge is 2.47. The minimum absolute atomic E-state index is 0.178. The highest BCUT2D eigenvalue weighted by atomic mass is 19.4. The highest BCUT2D eigenvalue weighted by Crippen LogP contribution is 2.45. The molecule has 0 bridgehead atoms. The van der Waals surface area contributed by atoms with E-state index < -0.39 is 24.1 Å². The molecule has 0 spiro atoms. The Hall–Kier alpha value is -1.11. The molecule has 114 valence electrons. The van der Waals surface area contributed by atoms with E-state index in [1.165, 1.54) is 6.20 Å². The number of rotatable bonds is 4. The van der Waals surface area contributed by atoms with Gasteiger partial charge in [-0.1, -0.05) is 25.0 Å². The SMILES string of the molecule is CCCn1nncc1C(N)C1CCCCC1C(F)(F)F. The van der Waals surface area contributed by atoms with Gasteiger partial charge in [-0.2, -0.15) is 13.2 Å². The van der Waals surface area contributed by atoms with Crippen LogP contribution in [0.15, 0.2) is 6.20 Å². The average Bonchev–Trinajstić information content (AvgIpc) is 2.85. The normalized spacial score (nSPS) is 25.6. The van der Waals surface area contributed by atoms with E-state index in [2.05, 4.69) is 10.3 Å². The third-order valence-electron chi connectivity index (χ3n) is 4.13. The van der Waals surface area contributed by atoms with Crippen molar-refractivity contribution in [1.29, 1.82) is 0 Å². The number of alkyl halides is 3. The standard InChI is InChI=1S/C13H21F3N4/c1-2-7-20-11(8-18-19-20)12(17)9-5-3-4-6-10(9)13(14,15)16/h8-10,12H,2-7,17H2,1H3. The Morgan fingerprint density at radius 3 is 2.75 bits per heavy atom. The fourth-order valence-corrected chi connectivity index (χ4v) is 3.12. The zero-order valence-corrected chi connectivity index (χ0v) is 11.6. The highest BCUT2D eigenvalue weighted by molar-refractivity contribution is 5.05. The van der Waals surface area contributed by atoms with Gasteiger partial charge >= 0.3 is 6.18 Å². The second-order valence-corrected chi connectivity index (χ2v) is 5.50. The van der Waals surface area contributed by atoms with Crippen molar-refractivity contribution < 1.29 is 13.2 Å². The number of halogens is 3. The van der Waals surface area contributed by atoms with Crippen LogP contribution in [0.3, 0.4) is 0 Å². The molecule has 0 saturated heterocycles. The summed E-state index contributed by atoms with van der Waals surface area (Å²) in [6.45, 7) is 2.61. The minimum atomic E-state index is -4.17. The van der Waals surface area contributed by atoms with Crippen LogP contribution in [0.5, 0.6) is 0 Å². The summed E-state index contributed by atoms with van der Waals surface area (Å²) in [5, 5.41) is 7.71. The number of hydrogen-bond donors (Lipinski definition) is 1. The monoisotopic (exact) mass is 290 g/mol. The van der Waals surface area contributed by atoms with Gasteiger partial charge in [0, 0.05) is 6.54 Å². The first kappa shape index (κ1) is 15.3. The fourth-order valence-electron chi connectivity index (χ4n) is 3.12. The molecule has 7 heteroatoms. The summed E-state index contributed by atoms with van der Waals surface area (Å²) in [6, 6.07) is -0.650. The van der Waals surface area contributed by atoms with Gasteiger partial charge in [0.1, 0.15) is 0 Å². The third kappa shape index (κ3) is 3.13. The maximum Gasteiger partial charge on any atom is 0.392 e. The van der Waals surface area contributed by atoms with Crippen molar-refractivity contribution in [3.8, 4) is 0 Å². The third-order valence-corrected chi connectivity index (χ3v) is 4.13. The van der Waals surface area contributed by atoms with Crippen molar-refractivity contribution >= 4 is 0 Å². The predicted octanol–water partition coefficient (Wildman–Crippen LogP) is 3.06. The molecule has 0 amide bonds. The number of hydrogen-bond acceptors (Lipinski definition) is 3. The van der Waals surface area contributed by atoms with Gasteiger partial charge in [0.15, 0.2) is 0 Å². The van der Waals surface area contributed by atoms with Crippen LogP contribution >= 0.6 is 0 Å². The van der Waals surface area contributed by atoms with Crippen LogP contribution in [-0.4, -0.2) is 21.2 Å². The Labute approximate surface area is 116 Å². The number of nitrogens with two attached hydrogens (primary N) is 1. The fraction of sp³-hybridized carbons (Fsp3) is 0.846. The molecule has 0 radical (unpaired) electrons. The van der Waals surface area contributed by atoms with Crippen LogP contribution in [0.25, 0.3) is 0 Å². The van der Waals surface area contributed by atoms with Gasteiger partial charge in [-0.15, -0.1) is 5.10 Å². The van der Waals surface area contributed by atoms with Gasteiger partial charge in [0.25, 0.3) is 0 Å². The maximum atomic E-state index is 13.1. The van der Waals surface area contributed by atoms with Gasteiger partial charge in [-0.05, 0) is 25.2 Å². The van der Waals surface area contributed by atoms with Crippen molar-refractivity contribution in [2.45, 2.75) is 57.8 Å². The minimum Gasteiger partial charge on any atom is -0.322 e. The van der Waals surface area contributed by atoms with E-state index in [0.29, 0.717) is 25.1 Å². The molecule has 1 aromatic rings. The summed E-state index contributed by atoms with van der Waals surface area (Å²) in [5.74, 6) is -1.88. The van der Waals surface area contributed by atoms with E-state index in [4.69, 9.17) is 5.73 Å². The molecular formula is C13H21F3N4. The Morgan fingerprint density at radius 2 is 2.10 bits per heavy atom. The summed E-state index contributed by atoms with van der Waals surface area (Å²) in [6.07, 6.45) is 0.296. The lowest BCUT2D eigenvalue weighted by molar-refractivity contribution is -0.198. The van der Waals surface area contributed by atoms with Crippen molar-refractivity contribution in [3.63, 3.8) is 0 Å². The topological polar surface area (TPSA) is 56.7 Å². The van der Waals surface area contributed by atoms with Gasteiger partial charge in [-0.25, -0.2) is 4.68 Å². The van der Waals surface area contributed by atoms with Crippen LogP contribution in [0.1, 0.15) is 50.8 Å². The lowest BCUT2D eigenvalue weighted by Gasteiger charge is -2.36. The van der Waals surface area contributed by atoms with Crippen molar-refractivity contribution in [2.75, 3.05) is 0 Å². The quantitative estimate of drug-likeness (QED) is 0.927. The van der Waals surface area contributed by atoms with E-state index in [1.807, 2.05) is 6.92 Å². The molecule has 3 atom stereocenters. The molecule has 3 unspecified atom stereocenters. The summed E-state index contributed by atoms with van der Waals surface area (Å²) in [4.78, 5) is 0. The van der Waals surface area contributed by atoms with Crippen LogP contribution in [0.2, 0.25) is 0 Å². The van der Waals surface area contributed by atoms with Crippen LogP contribution in [0, 0.1) is 11.8 Å². The van der Waals surface area contributed by atoms with Gasteiger partial charge < -0.3 is 5.73 Å². The summed E-state index contributed by atoms with van der Waals surface area (Å²) in [7, 11) is 0. The molecule has 1 aliphatic carbocycles. The molecule has 4 nitrogen and oxygen atoms in total. The molecular weight excluding hydrogens is 269 g/mol. The molecule has 1 fully saturated rings. The first-order chi connectivity index (χ1) is 9.45. The van der Waals surface area contributed by atoms with E-state index in [0.717, 1.165) is 12.8 Å². The average molecular weight is 290 g/mol. The van der Waals surface area contributed by atoms with Crippen LogP contribution in [0.4, 0.5) is 13.2 Å². The maximum absolute atomic E-state index is 13.1. The van der Waals surface area contributed by atoms with E-state index in [-0.39, 0.29) is 6.42 Å². The van der Waals surface area contributed by atoms with Crippen LogP contribution in [-0.2, 0) is 6.54 Å². The first-order valence-electron chi connectivity index (χ1n) is 7.15. The molecule has 0 aliphatic heterocycles. The summed E-state index contributed by atoms with van der Waals surface area (Å²) in [5.41, 5.74) is 6.75. The molecule has 1 aliphatic rings. The molecule has 1 heterocycles. The Bertz CT molecular complexity index is 429. The molecule has 2 N–H and O–H groups in total. The Balaban J connectivity index is 2.21. The number of nitrogens with zero attached hydrogens (tertiary/aromatic N) is 3.